The molecule has 2 aromatic rings. The zero-order chi connectivity index (χ0) is 21.0. The second kappa shape index (κ2) is 12.1. The Balaban J connectivity index is 1.26. The van der Waals surface area contributed by atoms with Gasteiger partial charge >= 0.3 is 0 Å². The number of ether oxygens (including phenoxy) is 1. The Morgan fingerprint density at radius 1 is 1.20 bits per heavy atom. The van der Waals surface area contributed by atoms with Gasteiger partial charge in [-0.25, -0.2) is 9.37 Å². The van der Waals surface area contributed by atoms with E-state index in [9.17, 15) is 4.39 Å². The highest BCUT2D eigenvalue weighted by Crippen LogP contribution is 2.20. The Bertz CT molecular complexity index is 786. The lowest BCUT2D eigenvalue weighted by Crippen LogP contribution is -2.45. The van der Waals surface area contributed by atoms with Gasteiger partial charge in [-0.2, -0.15) is 0 Å². The molecular formula is C23H32FN5O. The van der Waals surface area contributed by atoms with E-state index in [4.69, 9.17) is 4.74 Å². The molecule has 3 rings (SSSR count). The Morgan fingerprint density at radius 2 is 2.07 bits per heavy atom. The van der Waals surface area contributed by atoms with Crippen LogP contribution < -0.4 is 15.5 Å². The van der Waals surface area contributed by atoms with E-state index in [1.165, 1.54) is 11.6 Å². The molecule has 1 unspecified atom stereocenters. The second-order valence-corrected chi connectivity index (χ2v) is 7.44. The Hall–Kier alpha value is -2.67. The van der Waals surface area contributed by atoms with Crippen LogP contribution in [-0.4, -0.2) is 56.9 Å². The molecular weight excluding hydrogens is 381 g/mol. The van der Waals surface area contributed by atoms with Crippen molar-refractivity contribution in [1.29, 1.82) is 0 Å². The summed E-state index contributed by atoms with van der Waals surface area (Å²) in [6.07, 6.45) is 5.53. The Kier molecular flexibility index (Phi) is 8.90. The summed E-state index contributed by atoms with van der Waals surface area (Å²) in [5.74, 6) is 0.942. The predicted molar refractivity (Wildman–Crippen MR) is 120 cm³/mol. The summed E-state index contributed by atoms with van der Waals surface area (Å²) in [5.41, 5.74) is 1.31. The molecule has 30 heavy (non-hydrogen) atoms. The lowest BCUT2D eigenvalue weighted by atomic mass is 10.2. The molecule has 1 aromatic heterocycles. The van der Waals surface area contributed by atoms with Gasteiger partial charge in [-0.05, 0) is 43.4 Å². The number of unbranched alkanes of at least 4 members (excludes halogenated alkanes) is 1. The zero-order valence-corrected chi connectivity index (χ0v) is 17.7. The van der Waals surface area contributed by atoms with Gasteiger partial charge in [-0.3, -0.25) is 4.99 Å². The van der Waals surface area contributed by atoms with E-state index in [1.807, 2.05) is 11.0 Å². The topological polar surface area (TPSA) is 61.8 Å². The fourth-order valence-corrected chi connectivity index (χ4v) is 3.54. The number of pyridine rings is 1. The minimum Gasteiger partial charge on any atom is -0.381 e. The normalized spacial score (nSPS) is 16.7. The van der Waals surface area contributed by atoms with E-state index in [1.54, 1.807) is 19.3 Å². The minimum absolute atomic E-state index is 0.221. The molecule has 2 N–H and O–H groups in total. The van der Waals surface area contributed by atoms with Crippen molar-refractivity contribution in [3.63, 3.8) is 0 Å². The van der Waals surface area contributed by atoms with Crippen LogP contribution in [0.2, 0.25) is 0 Å². The monoisotopic (exact) mass is 413 g/mol. The van der Waals surface area contributed by atoms with E-state index >= 15 is 0 Å². The average Bonchev–Trinajstić information content (AvgIpc) is 3.24. The van der Waals surface area contributed by atoms with Crippen molar-refractivity contribution < 1.29 is 9.13 Å². The first-order valence-electron chi connectivity index (χ1n) is 10.7. The largest absolute Gasteiger partial charge is 0.381 e. The minimum atomic E-state index is -0.272. The summed E-state index contributed by atoms with van der Waals surface area (Å²) in [6.45, 7) is 3.86. The molecule has 0 aliphatic carbocycles. The fourth-order valence-electron chi connectivity index (χ4n) is 3.54. The second-order valence-electron chi connectivity index (χ2n) is 7.44. The molecule has 0 saturated carbocycles. The van der Waals surface area contributed by atoms with Crippen molar-refractivity contribution in [3.05, 3.63) is 60.0 Å². The lowest BCUT2D eigenvalue weighted by Gasteiger charge is -2.20. The summed E-state index contributed by atoms with van der Waals surface area (Å²) < 4.78 is 19.7. The molecule has 0 radical (unpaired) electrons. The molecule has 1 aliphatic rings. The van der Waals surface area contributed by atoms with Crippen molar-refractivity contribution in [2.45, 2.75) is 31.7 Å². The number of halogens is 1. The van der Waals surface area contributed by atoms with E-state index in [0.29, 0.717) is 12.4 Å². The number of hydrogen-bond acceptors (Lipinski definition) is 4. The zero-order valence-electron chi connectivity index (χ0n) is 17.7. The molecule has 1 atom stereocenters. The van der Waals surface area contributed by atoms with Gasteiger partial charge in [-0.1, -0.05) is 30.3 Å². The first-order valence-corrected chi connectivity index (χ1v) is 10.7. The number of anilines is 1. The summed E-state index contributed by atoms with van der Waals surface area (Å²) in [4.78, 5) is 10.4. The van der Waals surface area contributed by atoms with Gasteiger partial charge in [-0.15, -0.1) is 0 Å². The fraction of sp³-hybridized carbons (Fsp3) is 0.478. The smallest absolute Gasteiger partial charge is 0.191 e. The Labute approximate surface area is 178 Å². The van der Waals surface area contributed by atoms with Crippen LogP contribution in [0.1, 0.15) is 24.8 Å². The summed E-state index contributed by atoms with van der Waals surface area (Å²) in [6, 6.07) is 13.7. The van der Waals surface area contributed by atoms with Gasteiger partial charge in [0, 0.05) is 45.5 Å². The van der Waals surface area contributed by atoms with E-state index in [0.717, 1.165) is 57.9 Å². The third-order valence-electron chi connectivity index (χ3n) is 5.18. The highest BCUT2D eigenvalue weighted by atomic mass is 19.1. The Morgan fingerprint density at radius 3 is 2.87 bits per heavy atom. The first-order chi connectivity index (χ1) is 14.8. The van der Waals surface area contributed by atoms with Gasteiger partial charge in [0.15, 0.2) is 17.6 Å². The van der Waals surface area contributed by atoms with Crippen LogP contribution in [0.15, 0.2) is 53.7 Å². The first kappa shape index (κ1) is 22.0. The van der Waals surface area contributed by atoms with Gasteiger partial charge in [0.1, 0.15) is 0 Å². The van der Waals surface area contributed by atoms with Crippen molar-refractivity contribution in [1.82, 2.24) is 15.6 Å². The number of rotatable bonds is 10. The highest BCUT2D eigenvalue weighted by Gasteiger charge is 2.25. The molecule has 1 aromatic carbocycles. The summed E-state index contributed by atoms with van der Waals surface area (Å²) in [7, 11) is 1.77. The van der Waals surface area contributed by atoms with Crippen molar-refractivity contribution in [3.8, 4) is 0 Å². The predicted octanol–water partition coefficient (Wildman–Crippen LogP) is 3.00. The van der Waals surface area contributed by atoms with Crippen LogP contribution in [0.3, 0.4) is 0 Å². The standard InChI is InChI=1S/C23H32FN5O/c1-25-23(27-13-5-6-16-30-17-12-19-8-3-2-4-9-19)28-20-11-15-29(18-20)22-21(24)10-7-14-26-22/h2-4,7-10,14,20H,5-6,11-13,15-18H2,1H3,(H2,25,27,28). The third-order valence-corrected chi connectivity index (χ3v) is 5.18. The van der Waals surface area contributed by atoms with E-state index in [-0.39, 0.29) is 11.9 Å². The quantitative estimate of drug-likeness (QED) is 0.356. The maximum Gasteiger partial charge on any atom is 0.191 e. The number of guanidine groups is 1. The molecule has 7 heteroatoms. The number of aliphatic imine (C=N–C) groups is 1. The molecule has 162 valence electrons. The molecule has 1 aliphatic heterocycles. The molecule has 0 bridgehead atoms. The van der Waals surface area contributed by atoms with Crippen LogP contribution in [0, 0.1) is 5.82 Å². The van der Waals surface area contributed by atoms with Crippen molar-refractivity contribution >= 4 is 11.8 Å². The van der Waals surface area contributed by atoms with Crippen LogP contribution in [0.25, 0.3) is 0 Å². The van der Waals surface area contributed by atoms with Crippen molar-refractivity contribution in [2.24, 2.45) is 4.99 Å². The maximum atomic E-state index is 13.9. The average molecular weight is 414 g/mol. The molecule has 1 saturated heterocycles. The van der Waals surface area contributed by atoms with Crippen LogP contribution in [0.4, 0.5) is 10.2 Å². The molecule has 6 nitrogen and oxygen atoms in total. The van der Waals surface area contributed by atoms with Gasteiger partial charge < -0.3 is 20.3 Å². The number of nitrogens with zero attached hydrogens (tertiary/aromatic N) is 3. The number of hydrogen-bond donors (Lipinski definition) is 2. The van der Waals surface area contributed by atoms with Gasteiger partial charge in [0.25, 0.3) is 0 Å². The highest BCUT2D eigenvalue weighted by molar-refractivity contribution is 5.80. The summed E-state index contributed by atoms with van der Waals surface area (Å²) >= 11 is 0. The maximum absolute atomic E-state index is 13.9. The number of nitrogens with one attached hydrogen (secondary N) is 2. The summed E-state index contributed by atoms with van der Waals surface area (Å²) in [5, 5.41) is 6.78. The third kappa shape index (κ3) is 6.99. The molecule has 2 heterocycles. The number of benzene rings is 1. The van der Waals surface area contributed by atoms with Crippen LogP contribution in [-0.2, 0) is 11.2 Å². The SMILES string of the molecule is CN=C(NCCCCOCCc1ccccc1)NC1CCN(c2ncccc2F)C1. The lowest BCUT2D eigenvalue weighted by molar-refractivity contribution is 0.133. The van der Waals surface area contributed by atoms with E-state index < -0.39 is 0 Å². The number of aromatic nitrogens is 1. The van der Waals surface area contributed by atoms with Crippen LogP contribution in [0.5, 0.6) is 0 Å². The molecule has 1 fully saturated rings. The molecule has 0 amide bonds. The van der Waals surface area contributed by atoms with Gasteiger partial charge in [0.05, 0.1) is 6.61 Å². The van der Waals surface area contributed by atoms with Crippen molar-refractivity contribution in [2.75, 3.05) is 44.8 Å². The van der Waals surface area contributed by atoms with Crippen LogP contribution >= 0.6 is 0 Å². The van der Waals surface area contributed by atoms with E-state index in [2.05, 4.69) is 44.9 Å². The van der Waals surface area contributed by atoms with Gasteiger partial charge in [0.2, 0.25) is 0 Å². The molecule has 0 spiro atoms.